The van der Waals surface area contributed by atoms with Crippen molar-refractivity contribution in [2.45, 2.75) is 46.1 Å². The second-order valence-corrected chi connectivity index (χ2v) is 8.99. The Kier molecular flexibility index (Phi) is 7.89. The van der Waals surface area contributed by atoms with Gasteiger partial charge >= 0.3 is 12.1 Å². The predicted molar refractivity (Wildman–Crippen MR) is 124 cm³/mol. The number of piperazine rings is 1. The van der Waals surface area contributed by atoms with Gasteiger partial charge in [0.15, 0.2) is 0 Å². The van der Waals surface area contributed by atoms with E-state index in [4.69, 9.17) is 9.47 Å². The third-order valence-corrected chi connectivity index (χ3v) is 5.32. The summed E-state index contributed by atoms with van der Waals surface area (Å²) in [6.45, 7) is 10.2. The van der Waals surface area contributed by atoms with Crippen molar-refractivity contribution in [2.24, 2.45) is 0 Å². The number of rotatable bonds is 6. The van der Waals surface area contributed by atoms with Crippen LogP contribution in [-0.2, 0) is 22.3 Å². The standard InChI is InChI=1S/C25H32FN3O4/c1-5-32-23(30)19-7-6-18(22(26)16-19)8-9-20-10-11-21(17-27-20)28-12-14-29(15-13-28)24(31)33-25(2,3)4/h6-7,10-11,16-17H,5,8-9,12-15H2,1-4H3. The molecule has 1 aromatic carbocycles. The average Bonchev–Trinajstić information content (AvgIpc) is 2.78. The highest BCUT2D eigenvalue weighted by Crippen LogP contribution is 2.19. The second-order valence-electron chi connectivity index (χ2n) is 8.99. The predicted octanol–water partition coefficient (Wildman–Crippen LogP) is 4.24. The maximum absolute atomic E-state index is 14.4. The zero-order valence-corrected chi connectivity index (χ0v) is 19.8. The summed E-state index contributed by atoms with van der Waals surface area (Å²) in [6.07, 6.45) is 2.61. The highest BCUT2D eigenvalue weighted by Gasteiger charge is 2.26. The van der Waals surface area contributed by atoms with Gasteiger partial charge in [-0.25, -0.2) is 14.0 Å². The van der Waals surface area contributed by atoms with Gasteiger partial charge in [-0.05, 0) is 70.4 Å². The third-order valence-electron chi connectivity index (χ3n) is 5.32. The maximum atomic E-state index is 14.4. The summed E-state index contributed by atoms with van der Waals surface area (Å²) >= 11 is 0. The number of aromatic nitrogens is 1. The van der Waals surface area contributed by atoms with Gasteiger partial charge in [0.1, 0.15) is 11.4 Å². The van der Waals surface area contributed by atoms with Gasteiger partial charge in [0.25, 0.3) is 0 Å². The van der Waals surface area contributed by atoms with Crippen molar-refractivity contribution in [1.29, 1.82) is 0 Å². The molecule has 0 N–H and O–H groups in total. The van der Waals surface area contributed by atoms with Crippen LogP contribution < -0.4 is 4.90 Å². The van der Waals surface area contributed by atoms with Crippen LogP contribution in [0.3, 0.4) is 0 Å². The Bertz CT molecular complexity index is 965. The number of amides is 1. The molecule has 3 rings (SSSR count). The smallest absolute Gasteiger partial charge is 0.410 e. The van der Waals surface area contributed by atoms with Crippen molar-refractivity contribution in [2.75, 3.05) is 37.7 Å². The monoisotopic (exact) mass is 457 g/mol. The number of nitrogens with zero attached hydrogens (tertiary/aromatic N) is 3. The molecule has 8 heteroatoms. The van der Waals surface area contributed by atoms with Gasteiger partial charge in [0, 0.05) is 31.9 Å². The van der Waals surface area contributed by atoms with Crippen molar-refractivity contribution in [3.05, 3.63) is 59.2 Å². The van der Waals surface area contributed by atoms with Crippen molar-refractivity contribution in [1.82, 2.24) is 9.88 Å². The molecule has 1 aromatic heterocycles. The van der Waals surface area contributed by atoms with E-state index >= 15 is 0 Å². The normalized spacial score (nSPS) is 14.2. The molecule has 1 saturated heterocycles. The lowest BCUT2D eigenvalue weighted by molar-refractivity contribution is 0.0240. The summed E-state index contributed by atoms with van der Waals surface area (Å²) in [6, 6.07) is 8.39. The van der Waals surface area contributed by atoms with Crippen LogP contribution in [-0.4, -0.2) is 60.3 Å². The summed E-state index contributed by atoms with van der Waals surface area (Å²) in [4.78, 5) is 32.4. The molecule has 1 aliphatic rings. The lowest BCUT2D eigenvalue weighted by Gasteiger charge is -2.36. The summed E-state index contributed by atoms with van der Waals surface area (Å²) in [7, 11) is 0. The quantitative estimate of drug-likeness (QED) is 0.605. The number of pyridine rings is 1. The van der Waals surface area contributed by atoms with Crippen LogP contribution in [0.1, 0.15) is 49.3 Å². The van der Waals surface area contributed by atoms with E-state index in [0.717, 1.165) is 11.4 Å². The molecule has 0 saturated carbocycles. The third kappa shape index (κ3) is 6.91. The molecule has 0 atom stereocenters. The fourth-order valence-electron chi connectivity index (χ4n) is 3.58. The van der Waals surface area contributed by atoms with E-state index in [1.54, 1.807) is 24.0 Å². The van der Waals surface area contributed by atoms with Gasteiger partial charge in [0.05, 0.1) is 24.1 Å². The first-order valence-electron chi connectivity index (χ1n) is 11.3. The number of hydrogen-bond acceptors (Lipinski definition) is 6. The largest absolute Gasteiger partial charge is 0.462 e. The molecule has 2 aromatic rings. The van der Waals surface area contributed by atoms with E-state index in [1.807, 2.05) is 39.1 Å². The van der Waals surface area contributed by atoms with Crippen LogP contribution in [0.2, 0.25) is 0 Å². The van der Waals surface area contributed by atoms with E-state index in [0.29, 0.717) is 44.6 Å². The van der Waals surface area contributed by atoms with Gasteiger partial charge in [-0.3, -0.25) is 4.98 Å². The molecule has 178 valence electrons. The van der Waals surface area contributed by atoms with Crippen LogP contribution in [0, 0.1) is 5.82 Å². The van der Waals surface area contributed by atoms with Crippen molar-refractivity contribution < 1.29 is 23.5 Å². The minimum Gasteiger partial charge on any atom is -0.462 e. The average molecular weight is 458 g/mol. The van der Waals surface area contributed by atoms with Crippen molar-refractivity contribution in [3.63, 3.8) is 0 Å². The second kappa shape index (κ2) is 10.6. The number of ether oxygens (including phenoxy) is 2. The van der Waals surface area contributed by atoms with E-state index < -0.39 is 17.4 Å². The number of carbonyl (C=O) groups is 2. The minimum absolute atomic E-state index is 0.215. The molecule has 0 unspecified atom stereocenters. The zero-order valence-electron chi connectivity index (χ0n) is 19.8. The van der Waals surface area contributed by atoms with Crippen molar-refractivity contribution >= 4 is 17.7 Å². The SMILES string of the molecule is CCOC(=O)c1ccc(CCc2ccc(N3CCN(C(=O)OC(C)(C)C)CC3)cn2)c(F)c1. The Morgan fingerprint density at radius 1 is 1.06 bits per heavy atom. The molecular formula is C25H32FN3O4. The van der Waals surface area contributed by atoms with Crippen LogP contribution in [0.15, 0.2) is 36.5 Å². The van der Waals surface area contributed by atoms with Crippen LogP contribution >= 0.6 is 0 Å². The number of hydrogen-bond donors (Lipinski definition) is 0. The van der Waals surface area contributed by atoms with Gasteiger partial charge in [0.2, 0.25) is 0 Å². The number of halogens is 1. The number of esters is 1. The molecule has 0 aliphatic carbocycles. The number of benzene rings is 1. The highest BCUT2D eigenvalue weighted by molar-refractivity contribution is 5.89. The van der Waals surface area contributed by atoms with E-state index in [-0.39, 0.29) is 18.3 Å². The van der Waals surface area contributed by atoms with Gasteiger partial charge in [-0.2, -0.15) is 0 Å². The van der Waals surface area contributed by atoms with E-state index in [9.17, 15) is 14.0 Å². The molecule has 7 nitrogen and oxygen atoms in total. The Morgan fingerprint density at radius 3 is 2.36 bits per heavy atom. The topological polar surface area (TPSA) is 72.0 Å². The minimum atomic E-state index is -0.521. The molecule has 0 radical (unpaired) electrons. The van der Waals surface area contributed by atoms with Crippen LogP contribution in [0.4, 0.5) is 14.9 Å². The van der Waals surface area contributed by atoms with Crippen molar-refractivity contribution in [3.8, 4) is 0 Å². The summed E-state index contributed by atoms with van der Waals surface area (Å²) < 4.78 is 24.7. The van der Waals surface area contributed by atoms with E-state index in [2.05, 4.69) is 9.88 Å². The summed E-state index contributed by atoms with van der Waals surface area (Å²) in [5.74, 6) is -0.938. The number of carbonyl (C=O) groups excluding carboxylic acids is 2. The molecule has 1 amide bonds. The van der Waals surface area contributed by atoms with Gasteiger partial charge < -0.3 is 19.3 Å². The first-order valence-corrected chi connectivity index (χ1v) is 11.3. The summed E-state index contributed by atoms with van der Waals surface area (Å²) in [5.41, 5.74) is 2.10. The van der Waals surface area contributed by atoms with Crippen LogP contribution in [0.5, 0.6) is 0 Å². The van der Waals surface area contributed by atoms with Gasteiger partial charge in [-0.15, -0.1) is 0 Å². The van der Waals surface area contributed by atoms with Gasteiger partial charge in [-0.1, -0.05) is 6.07 Å². The first kappa shape index (κ1) is 24.5. The molecular weight excluding hydrogens is 425 g/mol. The Labute approximate surface area is 194 Å². The number of aryl methyl sites for hydroxylation is 2. The fraction of sp³-hybridized carbons (Fsp3) is 0.480. The first-order chi connectivity index (χ1) is 15.7. The molecule has 0 spiro atoms. The van der Waals surface area contributed by atoms with E-state index in [1.165, 1.54) is 6.07 Å². The highest BCUT2D eigenvalue weighted by atomic mass is 19.1. The molecule has 33 heavy (non-hydrogen) atoms. The lowest BCUT2D eigenvalue weighted by Crippen LogP contribution is -2.50. The van der Waals surface area contributed by atoms with Crippen LogP contribution in [0.25, 0.3) is 0 Å². The molecule has 1 fully saturated rings. The number of anilines is 1. The maximum Gasteiger partial charge on any atom is 0.410 e. The Balaban J connectivity index is 1.51. The lowest BCUT2D eigenvalue weighted by atomic mass is 10.0. The fourth-order valence-corrected chi connectivity index (χ4v) is 3.58. The molecule has 1 aliphatic heterocycles. The Morgan fingerprint density at radius 2 is 1.79 bits per heavy atom. The Hall–Kier alpha value is -3.16. The summed E-state index contributed by atoms with van der Waals surface area (Å²) in [5, 5.41) is 0. The molecule has 2 heterocycles. The molecule has 0 bridgehead atoms. The zero-order chi connectivity index (χ0) is 24.0.